The molecule has 2 aromatic carbocycles. The number of hydrogen-bond acceptors (Lipinski definition) is 2. The van der Waals surface area contributed by atoms with Gasteiger partial charge in [0, 0.05) is 15.8 Å². The van der Waals surface area contributed by atoms with E-state index in [0.717, 1.165) is 14.8 Å². The van der Waals surface area contributed by atoms with E-state index in [4.69, 9.17) is 0 Å². The van der Waals surface area contributed by atoms with Gasteiger partial charge in [0.2, 0.25) is 0 Å². The van der Waals surface area contributed by atoms with Gasteiger partial charge in [-0.3, -0.25) is 0 Å². The fourth-order valence-corrected chi connectivity index (χ4v) is 2.75. The molecule has 0 saturated carbocycles. The Balaban J connectivity index is 2.05. The summed E-state index contributed by atoms with van der Waals surface area (Å²) in [5.41, 5.74) is 1.82. The highest BCUT2D eigenvalue weighted by atomic mass is 127. The molecule has 0 bridgehead atoms. The number of rotatable bonds is 4. The number of halogens is 5. The summed E-state index contributed by atoms with van der Waals surface area (Å²) in [6.07, 6.45) is -4.69. The molecule has 112 valence electrons. The molecule has 0 unspecified atom stereocenters. The van der Waals surface area contributed by atoms with Crippen LogP contribution in [0.5, 0.6) is 5.75 Å². The van der Waals surface area contributed by atoms with E-state index in [9.17, 15) is 13.2 Å². The van der Waals surface area contributed by atoms with E-state index in [1.165, 1.54) is 6.07 Å². The lowest BCUT2D eigenvalue weighted by Gasteiger charge is -2.12. The van der Waals surface area contributed by atoms with E-state index < -0.39 is 6.36 Å². The van der Waals surface area contributed by atoms with Crippen molar-refractivity contribution in [1.29, 1.82) is 0 Å². The van der Waals surface area contributed by atoms with Gasteiger partial charge in [-0.1, -0.05) is 18.2 Å². The van der Waals surface area contributed by atoms with Gasteiger partial charge in [0.25, 0.3) is 0 Å². The summed E-state index contributed by atoms with van der Waals surface area (Å²) in [6, 6.07) is 12.3. The zero-order valence-corrected chi connectivity index (χ0v) is 14.3. The number of anilines is 1. The minimum atomic E-state index is -4.69. The fraction of sp³-hybridized carbons (Fsp3) is 0.143. The van der Waals surface area contributed by atoms with Crippen LogP contribution in [-0.2, 0) is 6.54 Å². The Labute approximate surface area is 142 Å². The van der Waals surface area contributed by atoms with Crippen molar-refractivity contribution in [2.75, 3.05) is 5.32 Å². The maximum Gasteiger partial charge on any atom is 0.573 e. The Bertz CT molecular complexity index is 634. The zero-order valence-electron chi connectivity index (χ0n) is 10.5. The second kappa shape index (κ2) is 6.87. The molecule has 7 heteroatoms. The molecular weight excluding hydrogens is 462 g/mol. The smallest absolute Gasteiger partial charge is 0.405 e. The lowest BCUT2D eigenvalue weighted by molar-refractivity contribution is -0.274. The largest absolute Gasteiger partial charge is 0.573 e. The summed E-state index contributed by atoms with van der Waals surface area (Å²) in [5.74, 6) is -0.249. The van der Waals surface area contributed by atoms with Crippen LogP contribution in [0.25, 0.3) is 0 Å². The molecule has 0 spiro atoms. The molecule has 21 heavy (non-hydrogen) atoms. The number of ether oxygens (including phenoxy) is 1. The second-order valence-corrected chi connectivity index (χ2v) is 6.16. The van der Waals surface area contributed by atoms with Crippen LogP contribution >= 0.6 is 38.5 Å². The highest BCUT2D eigenvalue weighted by Gasteiger charge is 2.31. The number of alkyl halides is 3. The second-order valence-electron chi connectivity index (χ2n) is 4.15. The summed E-state index contributed by atoms with van der Waals surface area (Å²) in [5, 5.41) is 3.23. The van der Waals surface area contributed by atoms with Crippen LogP contribution < -0.4 is 10.1 Å². The van der Waals surface area contributed by atoms with Gasteiger partial charge in [-0.15, -0.1) is 13.2 Å². The molecule has 2 aromatic rings. The topological polar surface area (TPSA) is 21.3 Å². The predicted octanol–water partition coefficient (Wildman–Crippen LogP) is 5.56. The molecule has 1 N–H and O–H groups in total. The molecule has 2 rings (SSSR count). The molecule has 0 aliphatic carbocycles. The first kappa shape index (κ1) is 16.4. The van der Waals surface area contributed by atoms with E-state index in [0.29, 0.717) is 6.54 Å². The van der Waals surface area contributed by atoms with E-state index in [1.54, 1.807) is 12.1 Å². The van der Waals surface area contributed by atoms with Crippen LogP contribution in [0.15, 0.2) is 46.9 Å². The first-order valence-corrected chi connectivity index (χ1v) is 7.75. The third-order valence-electron chi connectivity index (χ3n) is 2.58. The first-order valence-electron chi connectivity index (χ1n) is 5.88. The normalized spacial score (nSPS) is 11.3. The average molecular weight is 472 g/mol. The van der Waals surface area contributed by atoms with Crippen molar-refractivity contribution in [3.05, 3.63) is 56.1 Å². The van der Waals surface area contributed by atoms with Gasteiger partial charge in [-0.2, -0.15) is 0 Å². The molecule has 0 aliphatic heterocycles. The standard InChI is InChI=1S/C14H10BrF3INO/c15-10-7-9(5-6-13(10)21-14(16,17)18)8-20-12-4-2-1-3-11(12)19/h1-7,20H,8H2. The molecule has 2 nitrogen and oxygen atoms in total. The van der Waals surface area contributed by atoms with Gasteiger partial charge >= 0.3 is 6.36 Å². The summed E-state index contributed by atoms with van der Waals surface area (Å²) in [6.45, 7) is 0.505. The minimum Gasteiger partial charge on any atom is -0.405 e. The van der Waals surface area contributed by atoms with Crippen LogP contribution in [-0.4, -0.2) is 6.36 Å². The van der Waals surface area contributed by atoms with Gasteiger partial charge in [0.05, 0.1) is 4.47 Å². The van der Waals surface area contributed by atoms with Crippen molar-refractivity contribution in [1.82, 2.24) is 0 Å². The van der Waals surface area contributed by atoms with Crippen LogP contribution in [0.2, 0.25) is 0 Å². The number of benzene rings is 2. The lowest BCUT2D eigenvalue weighted by Crippen LogP contribution is -2.17. The maximum atomic E-state index is 12.2. The monoisotopic (exact) mass is 471 g/mol. The van der Waals surface area contributed by atoms with Gasteiger partial charge in [-0.05, 0) is 68.3 Å². The third-order valence-corrected chi connectivity index (χ3v) is 4.14. The van der Waals surface area contributed by atoms with Crippen molar-refractivity contribution < 1.29 is 17.9 Å². The molecule has 0 fully saturated rings. The number of para-hydroxylation sites is 1. The average Bonchev–Trinajstić information content (AvgIpc) is 2.39. The van der Waals surface area contributed by atoms with Crippen molar-refractivity contribution >= 4 is 44.2 Å². The molecular formula is C14H10BrF3INO. The van der Waals surface area contributed by atoms with E-state index in [2.05, 4.69) is 48.6 Å². The molecule has 0 saturated heterocycles. The third kappa shape index (κ3) is 5.06. The van der Waals surface area contributed by atoms with Gasteiger partial charge in [-0.25, -0.2) is 0 Å². The highest BCUT2D eigenvalue weighted by molar-refractivity contribution is 14.1. The van der Waals surface area contributed by atoms with Crippen molar-refractivity contribution in [2.45, 2.75) is 12.9 Å². The van der Waals surface area contributed by atoms with Gasteiger partial charge < -0.3 is 10.1 Å². The number of nitrogens with one attached hydrogen (secondary N) is 1. The van der Waals surface area contributed by atoms with E-state index in [1.807, 2.05) is 24.3 Å². The van der Waals surface area contributed by atoms with E-state index >= 15 is 0 Å². The Morgan fingerprint density at radius 3 is 2.48 bits per heavy atom. The summed E-state index contributed by atoms with van der Waals surface area (Å²) in [7, 11) is 0. The molecule has 0 heterocycles. The number of hydrogen-bond donors (Lipinski definition) is 1. The quantitative estimate of drug-likeness (QED) is 0.589. The Kier molecular flexibility index (Phi) is 5.37. The Morgan fingerprint density at radius 1 is 1.14 bits per heavy atom. The Hall–Kier alpha value is -0.960. The first-order chi connectivity index (χ1) is 9.85. The van der Waals surface area contributed by atoms with Crippen molar-refractivity contribution in [2.24, 2.45) is 0 Å². The fourth-order valence-electron chi connectivity index (χ4n) is 1.66. The van der Waals surface area contributed by atoms with Crippen LogP contribution in [0.1, 0.15) is 5.56 Å². The van der Waals surface area contributed by atoms with Crippen LogP contribution in [0.3, 0.4) is 0 Å². The zero-order chi connectivity index (χ0) is 15.5. The Morgan fingerprint density at radius 2 is 1.86 bits per heavy atom. The van der Waals surface area contributed by atoms with Crippen molar-refractivity contribution in [3.8, 4) is 5.75 Å². The predicted molar refractivity (Wildman–Crippen MR) is 87.3 cm³/mol. The highest BCUT2D eigenvalue weighted by Crippen LogP contribution is 2.31. The molecule has 0 atom stereocenters. The lowest BCUT2D eigenvalue weighted by atomic mass is 10.2. The summed E-state index contributed by atoms with van der Waals surface area (Å²) in [4.78, 5) is 0. The van der Waals surface area contributed by atoms with E-state index in [-0.39, 0.29) is 10.2 Å². The SMILES string of the molecule is FC(F)(F)Oc1ccc(CNc2ccccc2I)cc1Br. The summed E-state index contributed by atoms with van der Waals surface area (Å²) < 4.78 is 41.8. The molecule has 0 aliphatic rings. The maximum absolute atomic E-state index is 12.2. The van der Waals surface area contributed by atoms with Crippen LogP contribution in [0, 0.1) is 3.57 Å². The van der Waals surface area contributed by atoms with Gasteiger partial charge in [0.15, 0.2) is 0 Å². The van der Waals surface area contributed by atoms with Crippen molar-refractivity contribution in [3.63, 3.8) is 0 Å². The van der Waals surface area contributed by atoms with Gasteiger partial charge in [0.1, 0.15) is 5.75 Å². The molecule has 0 amide bonds. The minimum absolute atomic E-state index is 0.249. The molecule has 0 radical (unpaired) electrons. The van der Waals surface area contributed by atoms with Crippen LogP contribution in [0.4, 0.5) is 18.9 Å². The molecule has 0 aromatic heterocycles. The summed E-state index contributed by atoms with van der Waals surface area (Å²) >= 11 is 5.30.